The summed E-state index contributed by atoms with van der Waals surface area (Å²) in [4.78, 5) is 8.63. The Bertz CT molecular complexity index is 1310. The van der Waals surface area contributed by atoms with Crippen LogP contribution in [0.3, 0.4) is 0 Å². The number of nitrogens with zero attached hydrogens (tertiary/aromatic N) is 3. The van der Waals surface area contributed by atoms with Gasteiger partial charge in [-0.15, -0.1) is 0 Å². The molecule has 0 bridgehead atoms. The van der Waals surface area contributed by atoms with E-state index in [1.807, 2.05) is 42.0 Å². The van der Waals surface area contributed by atoms with E-state index >= 15 is 0 Å². The smallest absolute Gasteiger partial charge is 0.322 e. The molecule has 2 N–H and O–H groups in total. The van der Waals surface area contributed by atoms with Crippen LogP contribution in [0.2, 0.25) is 0 Å². The monoisotopic (exact) mass is 469 g/mol. The minimum Gasteiger partial charge on any atom is -0.495 e. The molecule has 0 aliphatic carbocycles. The molecular formula is C23H24FN5O3S. The van der Waals surface area contributed by atoms with Gasteiger partial charge in [-0.2, -0.15) is 8.42 Å². The lowest BCUT2D eigenvalue weighted by atomic mass is 10.0. The fourth-order valence-corrected chi connectivity index (χ4v) is 4.44. The third kappa shape index (κ3) is 5.58. The summed E-state index contributed by atoms with van der Waals surface area (Å²) in [5.74, 6) is 0.496. The molecule has 2 heterocycles. The molecule has 1 aliphatic heterocycles. The summed E-state index contributed by atoms with van der Waals surface area (Å²) in [5.41, 5.74) is 3.61. The van der Waals surface area contributed by atoms with Crippen molar-refractivity contribution in [2.75, 3.05) is 18.4 Å². The van der Waals surface area contributed by atoms with Crippen LogP contribution in [-0.2, 0) is 10.2 Å². The number of halogens is 1. The number of amidine groups is 1. The van der Waals surface area contributed by atoms with E-state index < -0.39 is 16.0 Å². The first-order valence-electron chi connectivity index (χ1n) is 10.3. The van der Waals surface area contributed by atoms with Crippen LogP contribution in [0, 0.1) is 12.7 Å². The molecule has 0 saturated carbocycles. The SMILES string of the molecule is COc1cc(C=C2CCCN=C2NS(=O)(=O)Nc2ccc(F)cc2)ccc1-n1cnc(C)c1. The molecule has 0 atom stereocenters. The van der Waals surface area contributed by atoms with Crippen molar-refractivity contribution in [2.24, 2.45) is 4.99 Å². The highest BCUT2D eigenvalue weighted by molar-refractivity contribution is 7.91. The molecule has 0 spiro atoms. The quantitative estimate of drug-likeness (QED) is 0.573. The topological polar surface area (TPSA) is 97.6 Å². The Labute approximate surface area is 192 Å². The normalized spacial score (nSPS) is 15.2. The van der Waals surface area contributed by atoms with Gasteiger partial charge in [0.1, 0.15) is 17.4 Å². The molecule has 0 fully saturated rings. The Morgan fingerprint density at radius 2 is 1.94 bits per heavy atom. The van der Waals surface area contributed by atoms with E-state index in [-0.39, 0.29) is 11.5 Å². The Balaban J connectivity index is 1.57. The highest BCUT2D eigenvalue weighted by atomic mass is 32.2. The lowest BCUT2D eigenvalue weighted by Gasteiger charge is -2.19. The van der Waals surface area contributed by atoms with Gasteiger partial charge in [0.2, 0.25) is 0 Å². The summed E-state index contributed by atoms with van der Waals surface area (Å²) >= 11 is 0. The molecule has 4 rings (SSSR count). The molecule has 1 aromatic heterocycles. The van der Waals surface area contributed by atoms with Gasteiger partial charge >= 0.3 is 10.2 Å². The van der Waals surface area contributed by atoms with Crippen molar-refractivity contribution in [1.82, 2.24) is 14.3 Å². The van der Waals surface area contributed by atoms with Crippen LogP contribution in [0.4, 0.5) is 10.1 Å². The van der Waals surface area contributed by atoms with Crippen molar-refractivity contribution in [1.29, 1.82) is 0 Å². The Morgan fingerprint density at radius 3 is 2.64 bits per heavy atom. The Morgan fingerprint density at radius 1 is 1.15 bits per heavy atom. The first-order chi connectivity index (χ1) is 15.8. The van der Waals surface area contributed by atoms with E-state index in [9.17, 15) is 12.8 Å². The van der Waals surface area contributed by atoms with Crippen LogP contribution in [0.1, 0.15) is 24.1 Å². The summed E-state index contributed by atoms with van der Waals surface area (Å²) in [7, 11) is -2.36. The zero-order valence-electron chi connectivity index (χ0n) is 18.2. The molecule has 172 valence electrons. The third-order valence-electron chi connectivity index (χ3n) is 5.04. The minimum atomic E-state index is -3.95. The van der Waals surface area contributed by atoms with Crippen molar-refractivity contribution < 1.29 is 17.5 Å². The van der Waals surface area contributed by atoms with Gasteiger partial charge in [-0.1, -0.05) is 6.07 Å². The van der Waals surface area contributed by atoms with Gasteiger partial charge in [0, 0.05) is 12.7 Å². The minimum absolute atomic E-state index is 0.251. The summed E-state index contributed by atoms with van der Waals surface area (Å²) in [6.45, 7) is 2.44. The van der Waals surface area contributed by atoms with Gasteiger partial charge in [0.25, 0.3) is 0 Å². The molecule has 2 aromatic carbocycles. The number of imidazole rings is 1. The summed E-state index contributed by atoms with van der Waals surface area (Å²) < 4.78 is 50.6. The van der Waals surface area contributed by atoms with E-state index in [2.05, 4.69) is 19.4 Å². The first-order valence-corrected chi connectivity index (χ1v) is 11.8. The number of aryl methyl sites for hydroxylation is 1. The van der Waals surface area contributed by atoms with Crippen molar-refractivity contribution in [3.63, 3.8) is 0 Å². The maximum Gasteiger partial charge on any atom is 0.322 e. The third-order valence-corrected chi connectivity index (χ3v) is 6.01. The number of anilines is 1. The van der Waals surface area contributed by atoms with Crippen LogP contribution >= 0.6 is 0 Å². The summed E-state index contributed by atoms with van der Waals surface area (Å²) in [6.07, 6.45) is 7.00. The number of aliphatic imine (C=N–C) groups is 1. The molecule has 0 unspecified atom stereocenters. The van der Waals surface area contributed by atoms with Gasteiger partial charge in [0.15, 0.2) is 0 Å². The van der Waals surface area contributed by atoms with Crippen LogP contribution in [0.25, 0.3) is 11.8 Å². The van der Waals surface area contributed by atoms with Crippen molar-refractivity contribution in [3.8, 4) is 11.4 Å². The van der Waals surface area contributed by atoms with E-state index in [0.717, 1.165) is 28.9 Å². The fraction of sp³-hybridized carbons (Fsp3) is 0.217. The molecule has 8 nitrogen and oxygen atoms in total. The van der Waals surface area contributed by atoms with E-state index in [4.69, 9.17) is 4.74 Å². The van der Waals surface area contributed by atoms with Crippen LogP contribution in [-0.4, -0.2) is 37.5 Å². The molecule has 1 aliphatic rings. The Kier molecular flexibility index (Phi) is 6.45. The Hall–Kier alpha value is -3.66. The van der Waals surface area contributed by atoms with Crippen molar-refractivity contribution in [3.05, 3.63) is 77.6 Å². The van der Waals surface area contributed by atoms with E-state index in [0.29, 0.717) is 18.7 Å². The largest absolute Gasteiger partial charge is 0.495 e. The predicted octanol–water partition coefficient (Wildman–Crippen LogP) is 3.85. The number of methoxy groups -OCH3 is 1. The molecule has 10 heteroatoms. The van der Waals surface area contributed by atoms with Crippen LogP contribution < -0.4 is 14.2 Å². The number of rotatable bonds is 6. The standard InChI is InChI=1S/C23H24FN5O3S/c1-16-14-29(15-26-16)21-10-5-17(13-22(21)32-2)12-18-4-3-11-25-23(18)28-33(30,31)27-20-8-6-19(24)7-9-20/h5-10,12-15,27H,3-4,11H2,1-2H3,(H,25,28). The highest BCUT2D eigenvalue weighted by Crippen LogP contribution is 2.27. The number of benzene rings is 2. The lowest BCUT2D eigenvalue weighted by Crippen LogP contribution is -2.37. The van der Waals surface area contributed by atoms with Crippen LogP contribution in [0.5, 0.6) is 5.75 Å². The maximum atomic E-state index is 13.1. The first kappa shape index (κ1) is 22.5. The number of ether oxygens (including phenoxy) is 1. The van der Waals surface area contributed by atoms with Gasteiger partial charge in [-0.3, -0.25) is 14.4 Å². The van der Waals surface area contributed by atoms with Crippen molar-refractivity contribution >= 4 is 27.8 Å². The summed E-state index contributed by atoms with van der Waals surface area (Å²) in [5, 5.41) is 0. The summed E-state index contributed by atoms with van der Waals surface area (Å²) in [6, 6.07) is 10.8. The maximum absolute atomic E-state index is 13.1. The molecule has 33 heavy (non-hydrogen) atoms. The van der Waals surface area contributed by atoms with E-state index in [1.165, 1.54) is 24.3 Å². The molecule has 0 radical (unpaired) electrons. The second-order valence-electron chi connectivity index (χ2n) is 7.57. The number of hydrogen-bond donors (Lipinski definition) is 2. The highest BCUT2D eigenvalue weighted by Gasteiger charge is 2.19. The average molecular weight is 470 g/mol. The number of hydrogen-bond acceptors (Lipinski definition) is 5. The average Bonchev–Trinajstić information content (AvgIpc) is 3.22. The second-order valence-corrected chi connectivity index (χ2v) is 8.99. The van der Waals surface area contributed by atoms with Gasteiger partial charge in [-0.25, -0.2) is 9.37 Å². The van der Waals surface area contributed by atoms with Gasteiger partial charge in [0.05, 0.1) is 30.5 Å². The molecular weight excluding hydrogens is 445 g/mol. The number of nitrogens with one attached hydrogen (secondary N) is 2. The second kappa shape index (κ2) is 9.45. The molecule has 0 amide bonds. The predicted molar refractivity (Wildman–Crippen MR) is 126 cm³/mol. The zero-order chi connectivity index (χ0) is 23.4. The molecule has 0 saturated heterocycles. The van der Waals surface area contributed by atoms with E-state index in [1.54, 1.807) is 13.4 Å². The number of aromatic nitrogens is 2. The van der Waals surface area contributed by atoms with Gasteiger partial charge < -0.3 is 9.30 Å². The lowest BCUT2D eigenvalue weighted by molar-refractivity contribution is 0.413. The van der Waals surface area contributed by atoms with Crippen LogP contribution in [0.15, 0.2) is 65.6 Å². The van der Waals surface area contributed by atoms with Crippen molar-refractivity contribution in [2.45, 2.75) is 19.8 Å². The fourth-order valence-electron chi connectivity index (χ4n) is 3.50. The zero-order valence-corrected chi connectivity index (χ0v) is 19.1. The van der Waals surface area contributed by atoms with Gasteiger partial charge in [-0.05, 0) is 73.4 Å². The molecule has 3 aromatic rings.